The first-order chi connectivity index (χ1) is 20.6. The monoisotopic (exact) mass is 572 g/mol. The Kier molecular flexibility index (Phi) is 10.0. The Hall–Kier alpha value is -2.13. The lowest BCUT2D eigenvalue weighted by atomic mass is 9.89. The van der Waals surface area contributed by atoms with Crippen molar-refractivity contribution in [2.45, 2.75) is 74.5 Å². The second-order valence-corrected chi connectivity index (χ2v) is 13.2. The SMILES string of the molecule is NCC(C(=O)C(CN)N1CCC(N2CCC(c3ccccc3)CC2)C1)N1CCC(N2CCC(c3ccccc3)CC2)C1. The van der Waals surface area contributed by atoms with Gasteiger partial charge in [0.25, 0.3) is 0 Å². The van der Waals surface area contributed by atoms with Crippen LogP contribution < -0.4 is 11.5 Å². The van der Waals surface area contributed by atoms with Crippen molar-refractivity contribution >= 4 is 5.78 Å². The van der Waals surface area contributed by atoms with Gasteiger partial charge in [0.15, 0.2) is 5.78 Å². The van der Waals surface area contributed by atoms with E-state index in [9.17, 15) is 4.79 Å². The van der Waals surface area contributed by atoms with Crippen molar-refractivity contribution in [2.75, 3.05) is 65.4 Å². The molecular formula is C35H52N6O. The third kappa shape index (κ3) is 6.67. The van der Waals surface area contributed by atoms with Crippen molar-refractivity contribution in [1.29, 1.82) is 0 Å². The minimum absolute atomic E-state index is 0.230. The van der Waals surface area contributed by atoms with E-state index < -0.39 is 0 Å². The van der Waals surface area contributed by atoms with Crippen LogP contribution in [-0.4, -0.2) is 115 Å². The number of carbonyl (C=O) groups excluding carboxylic acids is 1. The van der Waals surface area contributed by atoms with Crippen LogP contribution in [0, 0.1) is 0 Å². The first-order valence-electron chi connectivity index (χ1n) is 16.6. The molecule has 0 spiro atoms. The molecule has 4 heterocycles. The normalized spacial score (nSPS) is 27.4. The number of Topliss-reactive ketones (excluding diaryl/α,β-unsaturated/α-hetero) is 1. The van der Waals surface area contributed by atoms with Gasteiger partial charge in [-0.2, -0.15) is 0 Å². The summed E-state index contributed by atoms with van der Waals surface area (Å²) in [5.74, 6) is 1.58. The Balaban J connectivity index is 0.989. The summed E-state index contributed by atoms with van der Waals surface area (Å²) in [7, 11) is 0. The lowest BCUT2D eigenvalue weighted by molar-refractivity contribution is -0.128. The number of hydrogen-bond donors (Lipinski definition) is 2. The molecule has 4 N–H and O–H groups in total. The smallest absolute Gasteiger partial charge is 0.169 e. The van der Waals surface area contributed by atoms with Gasteiger partial charge in [0.2, 0.25) is 0 Å². The number of hydrogen-bond acceptors (Lipinski definition) is 7. The molecule has 4 aliphatic heterocycles. The lowest BCUT2D eigenvalue weighted by Gasteiger charge is -2.38. The van der Waals surface area contributed by atoms with E-state index in [4.69, 9.17) is 11.5 Å². The van der Waals surface area contributed by atoms with E-state index in [1.165, 1.54) is 36.8 Å². The van der Waals surface area contributed by atoms with E-state index in [0.29, 0.717) is 37.0 Å². The number of rotatable bonds is 10. The van der Waals surface area contributed by atoms with Crippen LogP contribution in [0.25, 0.3) is 0 Å². The van der Waals surface area contributed by atoms with Crippen molar-refractivity contribution in [3.8, 4) is 0 Å². The van der Waals surface area contributed by atoms with Crippen LogP contribution in [0.4, 0.5) is 0 Å². The highest BCUT2D eigenvalue weighted by molar-refractivity contribution is 5.89. The van der Waals surface area contributed by atoms with E-state index in [1.54, 1.807) is 0 Å². The van der Waals surface area contributed by atoms with Crippen LogP contribution in [0.5, 0.6) is 0 Å². The van der Waals surface area contributed by atoms with Gasteiger partial charge >= 0.3 is 0 Å². The molecule has 228 valence electrons. The molecule has 4 atom stereocenters. The standard InChI is InChI=1S/C35H52N6O/c36-23-33(40-21-15-31(25-40)38-17-11-29(12-18-38)27-7-3-1-4-8-27)35(42)34(24-37)41-22-16-32(26-41)39-19-13-30(14-20-39)28-9-5-2-6-10-28/h1-10,29-34H,11-26,36-37H2. The Morgan fingerprint density at radius 2 is 0.976 bits per heavy atom. The van der Waals surface area contributed by atoms with Gasteiger partial charge in [-0.3, -0.25) is 24.4 Å². The maximum atomic E-state index is 14.0. The molecule has 0 radical (unpaired) electrons. The number of nitrogens with two attached hydrogens (primary N) is 2. The zero-order valence-electron chi connectivity index (χ0n) is 25.4. The summed E-state index contributed by atoms with van der Waals surface area (Å²) in [4.78, 5) is 24.1. The van der Waals surface area contributed by atoms with Crippen LogP contribution in [0.1, 0.15) is 61.5 Å². The summed E-state index contributed by atoms with van der Waals surface area (Å²) < 4.78 is 0. The third-order valence-electron chi connectivity index (χ3n) is 11.0. The zero-order valence-corrected chi connectivity index (χ0v) is 25.4. The third-order valence-corrected chi connectivity index (χ3v) is 11.0. The molecule has 2 aromatic carbocycles. The second-order valence-electron chi connectivity index (χ2n) is 13.2. The highest BCUT2D eigenvalue weighted by Crippen LogP contribution is 2.32. The van der Waals surface area contributed by atoms with Crippen LogP contribution in [0.15, 0.2) is 60.7 Å². The summed E-state index contributed by atoms with van der Waals surface area (Å²) in [5, 5.41) is 0. The fourth-order valence-electron chi connectivity index (χ4n) is 8.46. The van der Waals surface area contributed by atoms with Gasteiger partial charge in [0.05, 0.1) is 12.1 Å². The molecule has 4 saturated heterocycles. The van der Waals surface area contributed by atoms with Crippen molar-refractivity contribution in [2.24, 2.45) is 11.5 Å². The van der Waals surface area contributed by atoms with E-state index in [2.05, 4.69) is 80.3 Å². The van der Waals surface area contributed by atoms with Gasteiger partial charge < -0.3 is 11.5 Å². The van der Waals surface area contributed by atoms with Gasteiger partial charge in [-0.05, 0) is 87.7 Å². The lowest BCUT2D eigenvalue weighted by Crippen LogP contribution is -2.56. The van der Waals surface area contributed by atoms with Crippen LogP contribution in [0.2, 0.25) is 0 Å². The summed E-state index contributed by atoms with van der Waals surface area (Å²) in [6.45, 7) is 9.11. The number of nitrogens with zero attached hydrogens (tertiary/aromatic N) is 4. The van der Waals surface area contributed by atoms with E-state index in [1.807, 2.05) is 0 Å². The van der Waals surface area contributed by atoms with E-state index in [-0.39, 0.29) is 17.9 Å². The second kappa shape index (κ2) is 14.1. The molecular weight excluding hydrogens is 520 g/mol. The molecule has 0 amide bonds. The number of piperidine rings is 2. The maximum Gasteiger partial charge on any atom is 0.169 e. The van der Waals surface area contributed by atoms with Gasteiger partial charge in [0, 0.05) is 51.4 Å². The summed E-state index contributed by atoms with van der Waals surface area (Å²) in [5.41, 5.74) is 15.6. The molecule has 4 fully saturated rings. The summed E-state index contributed by atoms with van der Waals surface area (Å²) in [6, 6.07) is 22.5. The largest absolute Gasteiger partial charge is 0.328 e. The van der Waals surface area contributed by atoms with Crippen LogP contribution in [0.3, 0.4) is 0 Å². The number of likely N-dealkylation sites (tertiary alicyclic amines) is 4. The molecule has 6 rings (SSSR count). The highest BCUT2D eigenvalue weighted by atomic mass is 16.1. The molecule has 0 aliphatic carbocycles. The van der Waals surface area contributed by atoms with Gasteiger partial charge in [-0.1, -0.05) is 60.7 Å². The maximum absolute atomic E-state index is 14.0. The number of benzene rings is 2. The first-order valence-corrected chi connectivity index (χ1v) is 16.6. The predicted octanol–water partition coefficient (Wildman–Crippen LogP) is 3.12. The van der Waals surface area contributed by atoms with E-state index >= 15 is 0 Å². The topological polar surface area (TPSA) is 82.1 Å². The number of carbonyl (C=O) groups is 1. The molecule has 7 heteroatoms. The predicted molar refractivity (Wildman–Crippen MR) is 171 cm³/mol. The van der Waals surface area contributed by atoms with Crippen LogP contribution >= 0.6 is 0 Å². The van der Waals surface area contributed by atoms with Crippen LogP contribution in [-0.2, 0) is 4.79 Å². The molecule has 4 aliphatic rings. The van der Waals surface area contributed by atoms with Crippen molar-refractivity contribution < 1.29 is 4.79 Å². The molecule has 0 bridgehead atoms. The van der Waals surface area contributed by atoms with Crippen molar-refractivity contribution in [3.05, 3.63) is 71.8 Å². The average molecular weight is 573 g/mol. The fourth-order valence-corrected chi connectivity index (χ4v) is 8.46. The molecule has 0 aromatic heterocycles. The Morgan fingerprint density at radius 1 is 0.595 bits per heavy atom. The van der Waals surface area contributed by atoms with Crippen molar-refractivity contribution in [1.82, 2.24) is 19.6 Å². The van der Waals surface area contributed by atoms with Gasteiger partial charge in [-0.25, -0.2) is 0 Å². The minimum Gasteiger partial charge on any atom is -0.328 e. The van der Waals surface area contributed by atoms with Gasteiger partial charge in [0.1, 0.15) is 0 Å². The molecule has 7 nitrogen and oxygen atoms in total. The summed E-state index contributed by atoms with van der Waals surface area (Å²) >= 11 is 0. The summed E-state index contributed by atoms with van der Waals surface area (Å²) in [6.07, 6.45) is 7.11. The van der Waals surface area contributed by atoms with Gasteiger partial charge in [-0.15, -0.1) is 0 Å². The molecule has 0 saturated carbocycles. The first kappa shape index (κ1) is 29.9. The number of ketones is 1. The highest BCUT2D eigenvalue weighted by Gasteiger charge is 2.41. The Bertz CT molecular complexity index is 1030. The Labute approximate surface area is 253 Å². The van der Waals surface area contributed by atoms with Crippen molar-refractivity contribution in [3.63, 3.8) is 0 Å². The zero-order chi connectivity index (χ0) is 28.9. The Morgan fingerprint density at radius 3 is 1.33 bits per heavy atom. The molecule has 4 unspecified atom stereocenters. The van der Waals surface area contributed by atoms with E-state index in [0.717, 1.165) is 65.2 Å². The molecule has 2 aromatic rings. The quantitative estimate of drug-likeness (QED) is 0.453. The minimum atomic E-state index is -0.230. The average Bonchev–Trinajstić information content (AvgIpc) is 3.74. The molecule has 42 heavy (non-hydrogen) atoms. The fraction of sp³-hybridized carbons (Fsp3) is 0.629.